The maximum atomic E-state index is 14.4. The van der Waals surface area contributed by atoms with Gasteiger partial charge in [-0.05, 0) is 63.4 Å². The zero-order chi connectivity index (χ0) is 28.6. The van der Waals surface area contributed by atoms with Crippen molar-refractivity contribution in [3.05, 3.63) is 47.5 Å². The van der Waals surface area contributed by atoms with E-state index in [4.69, 9.17) is 0 Å². The summed E-state index contributed by atoms with van der Waals surface area (Å²) in [6, 6.07) is 4.89. The fraction of sp³-hybridized carbons (Fsp3) is 0.464. The molecule has 4 heterocycles. The molecule has 2 aliphatic rings. The monoisotopic (exact) mass is 584 g/mol. The molecule has 9 nitrogen and oxygen atoms in total. The summed E-state index contributed by atoms with van der Waals surface area (Å²) in [7, 11) is 1.90. The molecule has 1 atom stereocenters. The maximum absolute atomic E-state index is 14.4. The van der Waals surface area contributed by atoms with Crippen LogP contribution in [0.1, 0.15) is 60.9 Å². The van der Waals surface area contributed by atoms with Crippen LogP contribution in [0.4, 0.5) is 24.5 Å². The lowest BCUT2D eigenvalue weighted by atomic mass is 9.97. The number of nitrogens with one attached hydrogen (secondary N) is 2. The minimum atomic E-state index is -4.60. The summed E-state index contributed by atoms with van der Waals surface area (Å²) in [5.74, 6) is -0.991. The highest BCUT2D eigenvalue weighted by molar-refractivity contribution is 7.13. The quantitative estimate of drug-likeness (QED) is 0.284. The molecule has 1 saturated carbocycles. The van der Waals surface area contributed by atoms with Gasteiger partial charge in [0.15, 0.2) is 0 Å². The third-order valence-corrected chi connectivity index (χ3v) is 8.81. The maximum Gasteiger partial charge on any atom is 0.449 e. The number of hydrogen-bond donors (Lipinski definition) is 2. The summed E-state index contributed by atoms with van der Waals surface area (Å²) in [5.41, 5.74) is 2.65. The normalized spacial score (nSPS) is 18.3. The first-order valence-electron chi connectivity index (χ1n) is 13.9. The van der Waals surface area contributed by atoms with Gasteiger partial charge in [-0.25, -0.2) is 9.97 Å². The van der Waals surface area contributed by atoms with Crippen molar-refractivity contribution in [3.63, 3.8) is 0 Å². The minimum Gasteiger partial charge on any atom is -0.368 e. The number of imidazole rings is 1. The number of fused-ring (bicyclic) bond motifs is 1. The molecule has 1 unspecified atom stereocenters. The molecule has 6 rings (SSSR count). The van der Waals surface area contributed by atoms with Crippen LogP contribution in [0.3, 0.4) is 0 Å². The van der Waals surface area contributed by atoms with E-state index in [-0.39, 0.29) is 17.3 Å². The van der Waals surface area contributed by atoms with Gasteiger partial charge in [0.25, 0.3) is 5.91 Å². The number of alkyl halides is 3. The van der Waals surface area contributed by atoms with Gasteiger partial charge in [-0.2, -0.15) is 23.4 Å². The number of piperidine rings is 1. The number of halogens is 3. The van der Waals surface area contributed by atoms with E-state index >= 15 is 0 Å². The Labute approximate surface area is 239 Å². The zero-order valence-electron chi connectivity index (χ0n) is 22.6. The zero-order valence-corrected chi connectivity index (χ0v) is 23.4. The lowest BCUT2D eigenvalue weighted by molar-refractivity contribution is -0.147. The number of benzene rings is 1. The first kappa shape index (κ1) is 27.6. The first-order chi connectivity index (χ1) is 19.8. The molecular formula is C28H31F3N8OS. The number of nitrogens with zero attached hydrogens (tertiary/aromatic N) is 6. The molecule has 1 aliphatic carbocycles. The molecule has 3 aromatic heterocycles. The van der Waals surface area contributed by atoms with Crippen LogP contribution in [-0.2, 0) is 6.18 Å². The minimum absolute atomic E-state index is 0.215. The van der Waals surface area contributed by atoms with Crippen LogP contribution in [-0.4, -0.2) is 57.3 Å². The predicted octanol–water partition coefficient (Wildman–Crippen LogP) is 5.77. The number of hydrogen-bond acceptors (Lipinski definition) is 8. The molecule has 1 saturated heterocycles. The van der Waals surface area contributed by atoms with Crippen molar-refractivity contribution >= 4 is 39.7 Å². The first-order valence-corrected chi connectivity index (χ1v) is 14.8. The van der Waals surface area contributed by atoms with Crippen LogP contribution >= 0.6 is 11.3 Å². The Kier molecular flexibility index (Phi) is 7.64. The van der Waals surface area contributed by atoms with Crippen molar-refractivity contribution in [1.29, 1.82) is 0 Å². The number of thiazole rings is 1. The fourth-order valence-corrected chi connectivity index (χ4v) is 6.93. The van der Waals surface area contributed by atoms with E-state index in [1.54, 1.807) is 36.0 Å². The van der Waals surface area contributed by atoms with Crippen LogP contribution < -0.4 is 15.5 Å². The van der Waals surface area contributed by atoms with E-state index in [9.17, 15) is 18.0 Å². The Morgan fingerprint density at radius 2 is 1.93 bits per heavy atom. The molecule has 216 valence electrons. The molecule has 0 spiro atoms. The summed E-state index contributed by atoms with van der Waals surface area (Å²) < 4.78 is 44.5. The van der Waals surface area contributed by atoms with Crippen molar-refractivity contribution in [2.75, 3.05) is 36.9 Å². The Morgan fingerprint density at radius 3 is 2.66 bits per heavy atom. The van der Waals surface area contributed by atoms with Crippen LogP contribution in [0.25, 0.3) is 21.6 Å². The molecule has 41 heavy (non-hydrogen) atoms. The van der Waals surface area contributed by atoms with Crippen molar-refractivity contribution in [2.45, 2.75) is 50.7 Å². The van der Waals surface area contributed by atoms with Crippen molar-refractivity contribution in [1.82, 2.24) is 30.0 Å². The number of anilines is 2. The molecule has 4 aromatic rings. The third kappa shape index (κ3) is 5.52. The van der Waals surface area contributed by atoms with Crippen LogP contribution in [0.15, 0.2) is 36.0 Å². The van der Waals surface area contributed by atoms with E-state index in [2.05, 4.69) is 35.7 Å². The number of aromatic nitrogens is 5. The average molecular weight is 585 g/mol. The molecule has 2 fully saturated rings. The SMILES string of the molecule is CNCC1CCCN(c2c(NC(=O)c3csc(-c4ccnnc4)n3)ccc3c2nc(C(F)(F)F)n3C2CCCC2)C1. The van der Waals surface area contributed by atoms with E-state index in [1.165, 1.54) is 15.9 Å². The molecule has 1 aliphatic heterocycles. The van der Waals surface area contributed by atoms with Gasteiger partial charge in [0.1, 0.15) is 16.2 Å². The highest BCUT2D eigenvalue weighted by Crippen LogP contribution is 2.44. The highest BCUT2D eigenvalue weighted by atomic mass is 32.1. The third-order valence-electron chi connectivity index (χ3n) is 7.92. The average Bonchev–Trinajstić information content (AvgIpc) is 3.73. The van der Waals surface area contributed by atoms with E-state index < -0.39 is 17.9 Å². The molecule has 1 aromatic carbocycles. The summed E-state index contributed by atoms with van der Waals surface area (Å²) >= 11 is 1.31. The number of rotatable bonds is 7. The number of amides is 1. The molecule has 0 radical (unpaired) electrons. The van der Waals surface area contributed by atoms with Crippen molar-refractivity contribution < 1.29 is 18.0 Å². The van der Waals surface area contributed by atoms with Crippen molar-refractivity contribution in [2.24, 2.45) is 5.92 Å². The summed E-state index contributed by atoms with van der Waals surface area (Å²) in [6.45, 7) is 2.11. The Bertz CT molecular complexity index is 1530. The van der Waals surface area contributed by atoms with E-state index in [0.29, 0.717) is 53.7 Å². The van der Waals surface area contributed by atoms with E-state index in [1.807, 2.05) is 7.05 Å². The molecule has 13 heteroatoms. The second kappa shape index (κ2) is 11.4. The van der Waals surface area contributed by atoms with Gasteiger partial charge in [0, 0.05) is 30.1 Å². The standard InChI is InChI=1S/C28H31F3N8OS/c1-32-13-17-5-4-12-38(15-17)24-20(35-25(40)21-16-41-26(36-21)18-10-11-33-34-14-18)8-9-22-23(24)37-27(28(29,30)31)39(22)19-6-2-3-7-19/h8-11,14,16-17,19,32H,2-7,12-13,15H2,1H3,(H,35,40). The van der Waals surface area contributed by atoms with Gasteiger partial charge in [-0.15, -0.1) is 11.3 Å². The van der Waals surface area contributed by atoms with Gasteiger partial charge < -0.3 is 20.1 Å². The lowest BCUT2D eigenvalue weighted by Gasteiger charge is -2.35. The smallest absolute Gasteiger partial charge is 0.368 e. The summed E-state index contributed by atoms with van der Waals surface area (Å²) in [5, 5.41) is 16.1. The van der Waals surface area contributed by atoms with Crippen LogP contribution in [0, 0.1) is 5.92 Å². The largest absolute Gasteiger partial charge is 0.449 e. The number of carbonyl (C=O) groups is 1. The Balaban J connectivity index is 1.43. The Hall–Kier alpha value is -3.58. The van der Waals surface area contributed by atoms with Gasteiger partial charge >= 0.3 is 6.18 Å². The molecule has 1 amide bonds. The second-order valence-corrected chi connectivity index (χ2v) is 11.6. The van der Waals surface area contributed by atoms with Gasteiger partial charge in [0.2, 0.25) is 5.82 Å². The Morgan fingerprint density at radius 1 is 1.10 bits per heavy atom. The lowest BCUT2D eigenvalue weighted by Crippen LogP contribution is -2.39. The topological polar surface area (TPSA) is 101 Å². The molecular weight excluding hydrogens is 553 g/mol. The number of carbonyl (C=O) groups excluding carboxylic acids is 1. The van der Waals surface area contributed by atoms with Crippen molar-refractivity contribution in [3.8, 4) is 10.6 Å². The molecule has 2 N–H and O–H groups in total. The van der Waals surface area contributed by atoms with Gasteiger partial charge in [-0.1, -0.05) is 12.8 Å². The van der Waals surface area contributed by atoms with Crippen LogP contribution in [0.5, 0.6) is 0 Å². The van der Waals surface area contributed by atoms with E-state index in [0.717, 1.165) is 37.8 Å². The second-order valence-electron chi connectivity index (χ2n) is 10.7. The summed E-state index contributed by atoms with van der Waals surface area (Å²) in [6.07, 6.45) is 3.60. The molecule has 0 bridgehead atoms. The fourth-order valence-electron chi connectivity index (χ4n) is 6.14. The van der Waals surface area contributed by atoms with Gasteiger partial charge in [0.05, 0.1) is 29.3 Å². The highest BCUT2D eigenvalue weighted by Gasteiger charge is 2.41. The van der Waals surface area contributed by atoms with Gasteiger partial charge in [-0.3, -0.25) is 4.79 Å². The predicted molar refractivity (Wildman–Crippen MR) is 152 cm³/mol. The van der Waals surface area contributed by atoms with Crippen LogP contribution in [0.2, 0.25) is 0 Å². The summed E-state index contributed by atoms with van der Waals surface area (Å²) in [4.78, 5) is 24.2.